The van der Waals surface area contributed by atoms with E-state index >= 15 is 0 Å². The molecular weight excluding hydrogens is 415 g/mol. The van der Waals surface area contributed by atoms with Gasteiger partial charge in [0.25, 0.3) is 5.69 Å². The van der Waals surface area contributed by atoms with Crippen molar-refractivity contribution < 1.29 is 9.31 Å². The number of fused-ring (bicyclic) bond motifs is 2. The Kier molecular flexibility index (Phi) is 4.83. The Morgan fingerprint density at radius 3 is 2.55 bits per heavy atom. The fourth-order valence-electron chi connectivity index (χ4n) is 3.47. The third kappa shape index (κ3) is 3.73. The average Bonchev–Trinajstić information content (AvgIpc) is 3.15. The molecule has 0 atom stereocenters. The van der Waals surface area contributed by atoms with Gasteiger partial charge in [0, 0.05) is 23.2 Å². The highest BCUT2D eigenvalue weighted by molar-refractivity contribution is 7.98. The van der Waals surface area contributed by atoms with E-state index in [1.807, 2.05) is 41.0 Å². The molecule has 2 heterocycles. The summed E-state index contributed by atoms with van der Waals surface area (Å²) in [5.74, 6) is 0.854. The van der Waals surface area contributed by atoms with Crippen LogP contribution in [0.15, 0.2) is 83.9 Å². The van der Waals surface area contributed by atoms with E-state index in [-0.39, 0.29) is 11.5 Å². The van der Waals surface area contributed by atoms with Gasteiger partial charge in [0.05, 0.1) is 32.3 Å². The van der Waals surface area contributed by atoms with Gasteiger partial charge in [0.1, 0.15) is 11.6 Å². The molecule has 0 aliphatic rings. The summed E-state index contributed by atoms with van der Waals surface area (Å²) in [5, 5.41) is 13.1. The van der Waals surface area contributed by atoms with Crippen molar-refractivity contribution in [2.24, 2.45) is 0 Å². The summed E-state index contributed by atoms with van der Waals surface area (Å²) in [7, 11) is 0. The van der Waals surface area contributed by atoms with Gasteiger partial charge in [-0.15, -0.1) is 0 Å². The first-order valence-electron chi connectivity index (χ1n) is 9.49. The number of nitro benzene ring substituents is 1. The molecule has 5 rings (SSSR count). The second-order valence-electron chi connectivity index (χ2n) is 6.90. The second-order valence-corrected chi connectivity index (χ2v) is 7.90. The van der Waals surface area contributed by atoms with Gasteiger partial charge in [0.2, 0.25) is 0 Å². The molecule has 8 heteroatoms. The minimum Gasteiger partial charge on any atom is -0.296 e. The van der Waals surface area contributed by atoms with Gasteiger partial charge < -0.3 is 0 Å². The topological polar surface area (TPSA) is 73.8 Å². The maximum absolute atomic E-state index is 13.5. The molecule has 0 bridgehead atoms. The van der Waals surface area contributed by atoms with Crippen LogP contribution in [0.1, 0.15) is 5.82 Å². The summed E-state index contributed by atoms with van der Waals surface area (Å²) in [6.07, 6.45) is 0. The highest BCUT2D eigenvalue weighted by Gasteiger charge is 2.16. The standard InChI is InChI=1S/C23H15FN4O2S/c24-16-6-8-17(9-7-16)27-21-11-10-18(28(29)30)13-20(21)25-22(27)14-31-23-12-5-15-3-1-2-4-19(15)26-23/h1-13H,14H2. The molecule has 2 aromatic heterocycles. The van der Waals surface area contributed by atoms with Crippen molar-refractivity contribution >= 4 is 39.4 Å². The van der Waals surface area contributed by atoms with Gasteiger partial charge in [-0.25, -0.2) is 14.4 Å². The first kappa shape index (κ1) is 19.2. The Balaban J connectivity index is 1.56. The fourth-order valence-corrected chi connectivity index (χ4v) is 4.27. The van der Waals surface area contributed by atoms with Gasteiger partial charge in [-0.3, -0.25) is 14.7 Å². The first-order chi connectivity index (χ1) is 15.1. The predicted octanol–water partition coefficient (Wildman–Crippen LogP) is 5.91. The Labute approximate surface area is 180 Å². The summed E-state index contributed by atoms with van der Waals surface area (Å²) in [4.78, 5) is 20.1. The van der Waals surface area contributed by atoms with Crippen LogP contribution < -0.4 is 0 Å². The zero-order valence-electron chi connectivity index (χ0n) is 16.1. The number of thioether (sulfide) groups is 1. The minimum atomic E-state index is -0.441. The van der Waals surface area contributed by atoms with E-state index in [2.05, 4.69) is 9.97 Å². The molecule has 0 N–H and O–H groups in total. The number of aromatic nitrogens is 3. The average molecular weight is 430 g/mol. The van der Waals surface area contributed by atoms with Crippen LogP contribution in [0, 0.1) is 15.9 Å². The summed E-state index contributed by atoms with van der Waals surface area (Å²) < 4.78 is 15.4. The molecule has 0 aliphatic carbocycles. The number of halogens is 1. The first-order valence-corrected chi connectivity index (χ1v) is 10.5. The van der Waals surface area contributed by atoms with E-state index in [4.69, 9.17) is 0 Å². The molecule has 0 aliphatic heterocycles. The Morgan fingerprint density at radius 2 is 1.74 bits per heavy atom. The minimum absolute atomic E-state index is 0.0216. The number of hydrogen-bond donors (Lipinski definition) is 0. The van der Waals surface area contributed by atoms with Gasteiger partial charge in [-0.2, -0.15) is 0 Å². The largest absolute Gasteiger partial charge is 0.296 e. The number of nitrogens with zero attached hydrogens (tertiary/aromatic N) is 4. The van der Waals surface area contributed by atoms with Crippen molar-refractivity contribution in [2.75, 3.05) is 0 Å². The maximum atomic E-state index is 13.5. The van der Waals surface area contributed by atoms with E-state index in [1.54, 1.807) is 18.2 Å². The lowest BCUT2D eigenvalue weighted by Crippen LogP contribution is -2.00. The van der Waals surface area contributed by atoms with Gasteiger partial charge >= 0.3 is 0 Å². The summed E-state index contributed by atoms with van der Waals surface area (Å²) in [6.45, 7) is 0. The number of para-hydroxylation sites is 1. The third-order valence-electron chi connectivity index (χ3n) is 4.93. The van der Waals surface area contributed by atoms with E-state index < -0.39 is 4.92 Å². The molecule has 0 amide bonds. The van der Waals surface area contributed by atoms with Crippen LogP contribution in [-0.2, 0) is 5.75 Å². The third-order valence-corrected chi connectivity index (χ3v) is 5.85. The smallest absolute Gasteiger partial charge is 0.271 e. The molecule has 0 saturated carbocycles. The van der Waals surface area contributed by atoms with Crippen LogP contribution in [0.3, 0.4) is 0 Å². The van der Waals surface area contributed by atoms with Crippen molar-refractivity contribution in [1.29, 1.82) is 0 Å². The number of pyridine rings is 1. The molecule has 5 aromatic rings. The summed E-state index contributed by atoms with van der Waals surface area (Å²) in [6, 6.07) is 22.6. The summed E-state index contributed by atoms with van der Waals surface area (Å²) >= 11 is 1.52. The normalized spacial score (nSPS) is 11.3. The van der Waals surface area contributed by atoms with Gasteiger partial charge in [-0.05, 0) is 42.5 Å². The van der Waals surface area contributed by atoms with E-state index in [1.165, 1.54) is 36.0 Å². The van der Waals surface area contributed by atoms with Crippen LogP contribution in [0.4, 0.5) is 10.1 Å². The van der Waals surface area contributed by atoms with Crippen molar-refractivity contribution in [3.05, 3.63) is 101 Å². The SMILES string of the molecule is O=[N+]([O-])c1ccc2c(c1)nc(CSc1ccc3ccccc3n1)n2-c1ccc(F)cc1. The Hall–Kier alpha value is -3.78. The van der Waals surface area contributed by atoms with Crippen LogP contribution in [0.2, 0.25) is 0 Å². The van der Waals surface area contributed by atoms with Crippen molar-refractivity contribution in [3.8, 4) is 5.69 Å². The van der Waals surface area contributed by atoms with Gasteiger partial charge in [-0.1, -0.05) is 36.0 Å². The van der Waals surface area contributed by atoms with Crippen molar-refractivity contribution in [1.82, 2.24) is 14.5 Å². The van der Waals surface area contributed by atoms with E-state index in [0.29, 0.717) is 17.1 Å². The maximum Gasteiger partial charge on any atom is 0.271 e. The number of imidazole rings is 1. The molecule has 152 valence electrons. The number of rotatable bonds is 5. The molecule has 0 fully saturated rings. The van der Waals surface area contributed by atoms with Crippen LogP contribution in [0.5, 0.6) is 0 Å². The number of benzene rings is 3. The molecule has 0 unspecified atom stereocenters. The fraction of sp³-hybridized carbons (Fsp3) is 0.0435. The lowest BCUT2D eigenvalue weighted by atomic mass is 10.2. The molecule has 6 nitrogen and oxygen atoms in total. The van der Waals surface area contributed by atoms with E-state index in [9.17, 15) is 14.5 Å². The molecule has 3 aromatic carbocycles. The lowest BCUT2D eigenvalue weighted by Gasteiger charge is -2.09. The second kappa shape index (κ2) is 7.81. The van der Waals surface area contributed by atoms with Crippen LogP contribution >= 0.6 is 11.8 Å². The monoisotopic (exact) mass is 430 g/mol. The zero-order chi connectivity index (χ0) is 21.4. The van der Waals surface area contributed by atoms with Crippen molar-refractivity contribution in [3.63, 3.8) is 0 Å². The number of hydrogen-bond acceptors (Lipinski definition) is 5. The van der Waals surface area contributed by atoms with Crippen LogP contribution in [-0.4, -0.2) is 19.5 Å². The quantitative estimate of drug-likeness (QED) is 0.197. The Morgan fingerprint density at radius 1 is 0.935 bits per heavy atom. The highest BCUT2D eigenvalue weighted by atomic mass is 32.2. The molecule has 31 heavy (non-hydrogen) atoms. The molecular formula is C23H15FN4O2S. The highest BCUT2D eigenvalue weighted by Crippen LogP contribution is 2.29. The van der Waals surface area contributed by atoms with Crippen LogP contribution in [0.25, 0.3) is 27.6 Å². The predicted molar refractivity (Wildman–Crippen MR) is 119 cm³/mol. The molecule has 0 saturated heterocycles. The van der Waals surface area contributed by atoms with Crippen molar-refractivity contribution in [2.45, 2.75) is 10.8 Å². The number of nitro groups is 1. The zero-order valence-corrected chi connectivity index (χ0v) is 16.9. The number of non-ortho nitro benzene ring substituents is 1. The summed E-state index contributed by atoms with van der Waals surface area (Å²) in [5.41, 5.74) is 2.86. The van der Waals surface area contributed by atoms with Gasteiger partial charge in [0.15, 0.2) is 0 Å². The molecule has 0 radical (unpaired) electrons. The van der Waals surface area contributed by atoms with E-state index in [0.717, 1.165) is 27.1 Å². The Bertz CT molecular complexity index is 1430. The lowest BCUT2D eigenvalue weighted by molar-refractivity contribution is -0.384. The molecule has 0 spiro atoms.